The van der Waals surface area contributed by atoms with E-state index in [2.05, 4.69) is 10.5 Å². The fourth-order valence-electron chi connectivity index (χ4n) is 3.54. The van der Waals surface area contributed by atoms with E-state index in [0.717, 1.165) is 9.87 Å². The number of rotatable bonds is 10. The highest BCUT2D eigenvalue weighted by molar-refractivity contribution is 7.92. The molecule has 0 radical (unpaired) electrons. The van der Waals surface area contributed by atoms with Gasteiger partial charge in [0.05, 0.1) is 29.0 Å². The molecule has 1 aromatic heterocycles. The molecule has 9 nitrogen and oxygen atoms in total. The summed E-state index contributed by atoms with van der Waals surface area (Å²) in [6.07, 6.45) is 1.30. The minimum atomic E-state index is -4.05. The zero-order chi connectivity index (χ0) is 27.8. The minimum absolute atomic E-state index is 0.0367. The number of carbonyl (C=O) groups is 2. The van der Waals surface area contributed by atoms with Crippen molar-refractivity contribution in [1.29, 1.82) is 0 Å². The van der Waals surface area contributed by atoms with Crippen molar-refractivity contribution in [2.24, 2.45) is 5.10 Å². The van der Waals surface area contributed by atoms with Crippen LogP contribution < -0.4 is 9.73 Å². The standard InChI is InChI=1S/C28H24ClN3O6S/c1-2-37-28(34)21-10-8-20(9-11-21)26-17-16-24(38-26)18-30-31-27(33)19-32(23-14-12-22(29)13-15-23)39(35,36)25-6-4-3-5-7-25/h3-18H,2,19H2,1H3,(H,31,33)/b30-18-. The Labute approximate surface area is 230 Å². The molecule has 1 amide bonds. The van der Waals surface area contributed by atoms with Gasteiger partial charge in [-0.2, -0.15) is 5.10 Å². The molecule has 0 fully saturated rings. The number of nitrogens with zero attached hydrogens (tertiary/aromatic N) is 2. The molecule has 0 spiro atoms. The summed E-state index contributed by atoms with van der Waals surface area (Å²) in [7, 11) is -4.05. The van der Waals surface area contributed by atoms with Crippen LogP contribution in [0.4, 0.5) is 5.69 Å². The summed E-state index contributed by atoms with van der Waals surface area (Å²) >= 11 is 5.96. The van der Waals surface area contributed by atoms with E-state index < -0.39 is 28.4 Å². The van der Waals surface area contributed by atoms with Gasteiger partial charge in [0.1, 0.15) is 18.1 Å². The van der Waals surface area contributed by atoms with E-state index >= 15 is 0 Å². The second-order valence-corrected chi connectivity index (χ2v) is 10.4. The molecule has 0 aliphatic rings. The largest absolute Gasteiger partial charge is 0.462 e. The predicted octanol–water partition coefficient (Wildman–Crippen LogP) is 5.12. The maximum absolute atomic E-state index is 13.3. The number of esters is 1. The van der Waals surface area contributed by atoms with Crippen LogP contribution in [-0.4, -0.2) is 39.7 Å². The first kappa shape index (κ1) is 27.6. The van der Waals surface area contributed by atoms with Crippen LogP contribution in [0, 0.1) is 0 Å². The van der Waals surface area contributed by atoms with Crippen LogP contribution in [0.25, 0.3) is 11.3 Å². The molecule has 0 atom stereocenters. The van der Waals surface area contributed by atoms with Crippen molar-refractivity contribution < 1.29 is 27.2 Å². The maximum Gasteiger partial charge on any atom is 0.338 e. The fourth-order valence-corrected chi connectivity index (χ4v) is 5.11. The van der Waals surface area contributed by atoms with E-state index in [1.807, 2.05) is 0 Å². The lowest BCUT2D eigenvalue weighted by molar-refractivity contribution is -0.119. The molecule has 3 aromatic carbocycles. The number of amides is 1. The van der Waals surface area contributed by atoms with Crippen LogP contribution >= 0.6 is 11.6 Å². The molecule has 4 aromatic rings. The first-order valence-corrected chi connectivity index (χ1v) is 13.6. The third-order valence-corrected chi connectivity index (χ3v) is 7.46. The highest BCUT2D eigenvalue weighted by Crippen LogP contribution is 2.25. The van der Waals surface area contributed by atoms with Gasteiger partial charge in [-0.1, -0.05) is 41.9 Å². The lowest BCUT2D eigenvalue weighted by Gasteiger charge is -2.23. The van der Waals surface area contributed by atoms with Gasteiger partial charge in [-0.25, -0.2) is 18.6 Å². The van der Waals surface area contributed by atoms with Crippen LogP contribution in [-0.2, 0) is 19.6 Å². The molecule has 4 rings (SSSR count). The van der Waals surface area contributed by atoms with Crippen molar-refractivity contribution in [1.82, 2.24) is 5.43 Å². The van der Waals surface area contributed by atoms with Crippen LogP contribution in [0.5, 0.6) is 0 Å². The summed E-state index contributed by atoms with van der Waals surface area (Å²) in [4.78, 5) is 24.6. The molecule has 0 aliphatic heterocycles. The summed E-state index contributed by atoms with van der Waals surface area (Å²) < 4.78 is 38.3. The van der Waals surface area contributed by atoms with E-state index in [1.54, 1.807) is 73.7 Å². The number of benzene rings is 3. The number of anilines is 1. The highest BCUT2D eigenvalue weighted by Gasteiger charge is 2.27. The smallest absolute Gasteiger partial charge is 0.338 e. The molecule has 0 bridgehead atoms. The Balaban J connectivity index is 1.44. The number of hydrogen-bond donors (Lipinski definition) is 1. The average Bonchev–Trinajstić information content (AvgIpc) is 3.42. The molecule has 0 aliphatic carbocycles. The molecule has 0 saturated heterocycles. The number of sulfonamides is 1. The number of carbonyl (C=O) groups excluding carboxylic acids is 2. The number of hydrogen-bond acceptors (Lipinski definition) is 7. The Bertz CT molecular complexity index is 1570. The van der Waals surface area contributed by atoms with Crippen LogP contribution in [0.1, 0.15) is 23.0 Å². The van der Waals surface area contributed by atoms with Gasteiger partial charge in [-0.05, 0) is 67.6 Å². The topological polar surface area (TPSA) is 118 Å². The maximum atomic E-state index is 13.3. The number of ether oxygens (including phenoxy) is 1. The van der Waals surface area contributed by atoms with Crippen molar-refractivity contribution in [2.45, 2.75) is 11.8 Å². The summed E-state index contributed by atoms with van der Waals surface area (Å²) in [6.45, 7) is 1.51. The van der Waals surface area contributed by atoms with Gasteiger partial charge in [0.15, 0.2) is 0 Å². The Kier molecular flexibility index (Phi) is 8.80. The van der Waals surface area contributed by atoms with Crippen LogP contribution in [0.3, 0.4) is 0 Å². The van der Waals surface area contributed by atoms with Crippen molar-refractivity contribution in [3.8, 4) is 11.3 Å². The van der Waals surface area contributed by atoms with E-state index in [1.165, 1.54) is 30.5 Å². The van der Waals surface area contributed by atoms with Gasteiger partial charge < -0.3 is 9.15 Å². The third-order valence-electron chi connectivity index (χ3n) is 5.42. The second-order valence-electron chi connectivity index (χ2n) is 8.09. The van der Waals surface area contributed by atoms with Gasteiger partial charge in [-0.3, -0.25) is 9.10 Å². The molecule has 1 heterocycles. The van der Waals surface area contributed by atoms with Crippen LogP contribution in [0.2, 0.25) is 5.02 Å². The minimum Gasteiger partial charge on any atom is -0.462 e. The quantitative estimate of drug-likeness (QED) is 0.162. The lowest BCUT2D eigenvalue weighted by atomic mass is 10.1. The molecule has 11 heteroatoms. The average molecular weight is 566 g/mol. The normalized spacial score (nSPS) is 11.3. The van der Waals surface area contributed by atoms with Crippen molar-refractivity contribution in [3.05, 3.63) is 107 Å². The Morgan fingerprint density at radius 1 is 0.974 bits per heavy atom. The first-order chi connectivity index (χ1) is 18.8. The SMILES string of the molecule is CCOC(=O)c1ccc(-c2ccc(/C=N\NC(=O)CN(c3ccc(Cl)cc3)S(=O)(=O)c3ccccc3)o2)cc1. The van der Waals surface area contributed by atoms with Crippen molar-refractivity contribution in [2.75, 3.05) is 17.5 Å². The van der Waals surface area contributed by atoms with Crippen molar-refractivity contribution in [3.63, 3.8) is 0 Å². The predicted molar refractivity (Wildman–Crippen MR) is 148 cm³/mol. The van der Waals surface area contributed by atoms with Gasteiger partial charge in [0, 0.05) is 10.6 Å². The zero-order valence-corrected chi connectivity index (χ0v) is 22.4. The Morgan fingerprint density at radius 2 is 1.67 bits per heavy atom. The molecular weight excluding hydrogens is 542 g/mol. The van der Waals surface area contributed by atoms with E-state index in [0.29, 0.717) is 28.7 Å². The van der Waals surface area contributed by atoms with Crippen LogP contribution in [0.15, 0.2) is 105 Å². The van der Waals surface area contributed by atoms with E-state index in [9.17, 15) is 18.0 Å². The lowest BCUT2D eigenvalue weighted by Crippen LogP contribution is -2.39. The molecular formula is C28H24ClN3O6S. The summed E-state index contributed by atoms with van der Waals surface area (Å²) in [5.74, 6) is -0.187. The molecule has 1 N–H and O–H groups in total. The fraction of sp³-hybridized carbons (Fsp3) is 0.107. The van der Waals surface area contributed by atoms with Gasteiger partial charge in [-0.15, -0.1) is 0 Å². The number of halogens is 1. The number of nitrogens with one attached hydrogen (secondary N) is 1. The summed E-state index contributed by atoms with van der Waals surface area (Å²) in [6, 6.07) is 24.0. The van der Waals surface area contributed by atoms with Gasteiger partial charge in [0.25, 0.3) is 15.9 Å². The van der Waals surface area contributed by atoms with Crippen molar-refractivity contribution >= 4 is 45.4 Å². The summed E-state index contributed by atoms with van der Waals surface area (Å²) in [5, 5.41) is 4.33. The third kappa shape index (κ3) is 6.92. The Morgan fingerprint density at radius 3 is 2.33 bits per heavy atom. The second kappa shape index (κ2) is 12.4. The first-order valence-electron chi connectivity index (χ1n) is 11.8. The molecule has 0 unspecified atom stereocenters. The van der Waals surface area contributed by atoms with E-state index in [4.69, 9.17) is 20.8 Å². The number of hydrazone groups is 1. The molecule has 39 heavy (non-hydrogen) atoms. The monoisotopic (exact) mass is 565 g/mol. The van der Waals surface area contributed by atoms with Gasteiger partial charge >= 0.3 is 5.97 Å². The van der Waals surface area contributed by atoms with Gasteiger partial charge in [0.2, 0.25) is 0 Å². The summed E-state index contributed by atoms with van der Waals surface area (Å²) in [5.41, 5.74) is 3.77. The Hall–Kier alpha value is -4.41. The number of furan rings is 1. The van der Waals surface area contributed by atoms with E-state index in [-0.39, 0.29) is 10.6 Å². The highest BCUT2D eigenvalue weighted by atomic mass is 35.5. The molecule has 0 saturated carbocycles. The molecule has 200 valence electrons. The zero-order valence-electron chi connectivity index (χ0n) is 20.8.